The SMILES string of the molecule is O=C(O)CC(C(=O)O)N1CCN(CC(=O)O)CCN(C(=O)O)CC1. The number of carboxylic acid groups (broad SMARTS) is 4. The number of hydrogen-bond acceptors (Lipinski definition) is 6. The van der Waals surface area contributed by atoms with Gasteiger partial charge in [-0.3, -0.25) is 24.2 Å². The molecule has 24 heavy (non-hydrogen) atoms. The quantitative estimate of drug-likeness (QED) is 0.450. The highest BCUT2D eigenvalue weighted by atomic mass is 16.4. The van der Waals surface area contributed by atoms with Crippen LogP contribution in [0.2, 0.25) is 0 Å². The summed E-state index contributed by atoms with van der Waals surface area (Å²) >= 11 is 0. The highest BCUT2D eigenvalue weighted by Crippen LogP contribution is 2.09. The van der Waals surface area contributed by atoms with Crippen LogP contribution in [0.5, 0.6) is 0 Å². The highest BCUT2D eigenvalue weighted by Gasteiger charge is 2.30. The van der Waals surface area contributed by atoms with Crippen molar-refractivity contribution in [3.8, 4) is 0 Å². The maximum Gasteiger partial charge on any atom is 0.407 e. The molecule has 0 saturated carbocycles. The lowest BCUT2D eigenvalue weighted by Gasteiger charge is -2.29. The first kappa shape index (κ1) is 19.6. The van der Waals surface area contributed by atoms with Crippen molar-refractivity contribution in [1.29, 1.82) is 0 Å². The minimum Gasteiger partial charge on any atom is -0.481 e. The summed E-state index contributed by atoms with van der Waals surface area (Å²) in [5.41, 5.74) is 0. The van der Waals surface area contributed by atoms with Gasteiger partial charge in [-0.1, -0.05) is 0 Å². The van der Waals surface area contributed by atoms with E-state index < -0.39 is 36.5 Å². The summed E-state index contributed by atoms with van der Waals surface area (Å²) < 4.78 is 0. The second kappa shape index (κ2) is 9.03. The molecule has 0 spiro atoms. The third-order valence-corrected chi connectivity index (χ3v) is 3.77. The van der Waals surface area contributed by atoms with Crippen LogP contribution in [0.3, 0.4) is 0 Å². The highest BCUT2D eigenvalue weighted by molar-refractivity contribution is 5.80. The van der Waals surface area contributed by atoms with Crippen LogP contribution < -0.4 is 0 Å². The molecule has 0 aromatic heterocycles. The zero-order valence-electron chi connectivity index (χ0n) is 13.0. The Morgan fingerprint density at radius 1 is 0.792 bits per heavy atom. The van der Waals surface area contributed by atoms with E-state index in [1.165, 1.54) is 9.80 Å². The van der Waals surface area contributed by atoms with E-state index in [0.29, 0.717) is 0 Å². The van der Waals surface area contributed by atoms with Crippen LogP contribution in [0.25, 0.3) is 0 Å². The molecule has 1 rings (SSSR count). The Morgan fingerprint density at radius 2 is 1.33 bits per heavy atom. The predicted molar refractivity (Wildman–Crippen MR) is 78.9 cm³/mol. The van der Waals surface area contributed by atoms with Crippen molar-refractivity contribution in [2.24, 2.45) is 0 Å². The second-order valence-corrected chi connectivity index (χ2v) is 5.43. The molecule has 0 radical (unpaired) electrons. The van der Waals surface area contributed by atoms with Gasteiger partial charge in [0.15, 0.2) is 0 Å². The first-order chi connectivity index (χ1) is 11.2. The van der Waals surface area contributed by atoms with Gasteiger partial charge in [0.2, 0.25) is 0 Å². The summed E-state index contributed by atoms with van der Waals surface area (Å²) in [6.07, 6.45) is -1.82. The average Bonchev–Trinajstić information content (AvgIpc) is 2.55. The number of aliphatic carboxylic acids is 3. The Labute approximate surface area is 137 Å². The summed E-state index contributed by atoms with van der Waals surface area (Å²) in [6.45, 7) is 0.374. The fraction of sp³-hybridized carbons (Fsp3) is 0.692. The van der Waals surface area contributed by atoms with Gasteiger partial charge in [-0.25, -0.2) is 4.79 Å². The molecule has 1 atom stereocenters. The molecule has 11 heteroatoms. The van der Waals surface area contributed by atoms with Crippen LogP contribution in [0.4, 0.5) is 4.79 Å². The molecule has 4 N–H and O–H groups in total. The molecular formula is C13H21N3O8. The third kappa shape index (κ3) is 6.38. The number of carboxylic acids is 3. The zero-order valence-corrected chi connectivity index (χ0v) is 13.0. The first-order valence-corrected chi connectivity index (χ1v) is 7.31. The van der Waals surface area contributed by atoms with Gasteiger partial charge < -0.3 is 25.3 Å². The second-order valence-electron chi connectivity index (χ2n) is 5.43. The van der Waals surface area contributed by atoms with Crippen molar-refractivity contribution < 1.29 is 39.6 Å². The Hall–Kier alpha value is -2.40. The molecular weight excluding hydrogens is 326 g/mol. The van der Waals surface area contributed by atoms with Gasteiger partial charge in [-0.2, -0.15) is 0 Å². The summed E-state index contributed by atoms with van der Waals surface area (Å²) in [7, 11) is 0. The molecule has 1 aliphatic rings. The van der Waals surface area contributed by atoms with Crippen LogP contribution in [0.1, 0.15) is 6.42 Å². The third-order valence-electron chi connectivity index (χ3n) is 3.77. The van der Waals surface area contributed by atoms with E-state index in [2.05, 4.69) is 0 Å². The Morgan fingerprint density at radius 3 is 1.83 bits per heavy atom. The topological polar surface area (TPSA) is 159 Å². The fourth-order valence-electron chi connectivity index (χ4n) is 2.51. The van der Waals surface area contributed by atoms with Gasteiger partial charge in [0.05, 0.1) is 13.0 Å². The molecule has 1 fully saturated rings. The van der Waals surface area contributed by atoms with Gasteiger partial charge in [-0.05, 0) is 0 Å². The van der Waals surface area contributed by atoms with Crippen molar-refractivity contribution in [2.45, 2.75) is 12.5 Å². The lowest BCUT2D eigenvalue weighted by atomic mass is 10.1. The van der Waals surface area contributed by atoms with Gasteiger partial charge in [0, 0.05) is 39.3 Å². The molecule has 1 saturated heterocycles. The van der Waals surface area contributed by atoms with Crippen LogP contribution in [-0.2, 0) is 14.4 Å². The maximum atomic E-state index is 11.4. The smallest absolute Gasteiger partial charge is 0.407 e. The lowest BCUT2D eigenvalue weighted by molar-refractivity contribution is -0.150. The van der Waals surface area contributed by atoms with Crippen LogP contribution >= 0.6 is 0 Å². The Bertz CT molecular complexity index is 498. The van der Waals surface area contributed by atoms with Crippen molar-refractivity contribution in [1.82, 2.24) is 14.7 Å². The van der Waals surface area contributed by atoms with Gasteiger partial charge in [0.25, 0.3) is 0 Å². The summed E-state index contributed by atoms with van der Waals surface area (Å²) in [5.74, 6) is -3.67. The van der Waals surface area contributed by atoms with Crippen LogP contribution in [-0.4, -0.2) is 111 Å². The molecule has 1 aliphatic heterocycles. The van der Waals surface area contributed by atoms with E-state index in [1.54, 1.807) is 0 Å². The minimum atomic E-state index is -1.32. The maximum absolute atomic E-state index is 11.4. The van der Waals surface area contributed by atoms with Crippen molar-refractivity contribution in [2.75, 3.05) is 45.8 Å². The van der Waals surface area contributed by atoms with E-state index in [1.807, 2.05) is 0 Å². The number of nitrogens with zero attached hydrogens (tertiary/aromatic N) is 3. The molecule has 0 aromatic rings. The predicted octanol–water partition coefficient (Wildman–Crippen LogP) is -1.40. The molecule has 1 heterocycles. The molecule has 0 aliphatic carbocycles. The Balaban J connectivity index is 2.93. The first-order valence-electron chi connectivity index (χ1n) is 7.31. The van der Waals surface area contributed by atoms with E-state index in [4.69, 9.17) is 15.3 Å². The number of amides is 1. The van der Waals surface area contributed by atoms with E-state index in [-0.39, 0.29) is 45.8 Å². The number of rotatable bonds is 6. The molecule has 1 unspecified atom stereocenters. The van der Waals surface area contributed by atoms with Crippen LogP contribution in [0.15, 0.2) is 0 Å². The van der Waals surface area contributed by atoms with E-state index >= 15 is 0 Å². The average molecular weight is 347 g/mol. The summed E-state index contributed by atoms with van der Waals surface area (Å²) in [4.78, 5) is 48.2. The normalized spacial score (nSPS) is 18.9. The van der Waals surface area contributed by atoms with Gasteiger partial charge >= 0.3 is 24.0 Å². The lowest BCUT2D eigenvalue weighted by Crippen LogP contribution is -2.48. The Kier molecular flexibility index (Phi) is 7.39. The monoisotopic (exact) mass is 347 g/mol. The molecule has 11 nitrogen and oxygen atoms in total. The van der Waals surface area contributed by atoms with Gasteiger partial charge in [0.1, 0.15) is 6.04 Å². The van der Waals surface area contributed by atoms with Crippen molar-refractivity contribution in [3.63, 3.8) is 0 Å². The van der Waals surface area contributed by atoms with Crippen molar-refractivity contribution in [3.05, 3.63) is 0 Å². The van der Waals surface area contributed by atoms with Crippen LogP contribution in [0, 0.1) is 0 Å². The molecule has 0 aromatic carbocycles. The molecule has 1 amide bonds. The van der Waals surface area contributed by atoms with Gasteiger partial charge in [-0.15, -0.1) is 0 Å². The largest absolute Gasteiger partial charge is 0.481 e. The molecule has 136 valence electrons. The number of hydrogen-bond donors (Lipinski definition) is 4. The number of carbonyl (C=O) groups is 4. The molecule has 0 bridgehead atoms. The van der Waals surface area contributed by atoms with Crippen molar-refractivity contribution >= 4 is 24.0 Å². The van der Waals surface area contributed by atoms with E-state index in [0.717, 1.165) is 4.90 Å². The zero-order chi connectivity index (χ0) is 18.3. The van der Waals surface area contributed by atoms with E-state index in [9.17, 15) is 24.3 Å². The fourth-order valence-corrected chi connectivity index (χ4v) is 2.51. The minimum absolute atomic E-state index is 0.0135. The standard InChI is InChI=1S/C13H21N3O8/c17-10(18)7-9(12(21)22)15-3-1-14(8-11(19)20)2-4-16(6-5-15)13(23)24/h9H,1-8H2,(H,17,18)(H,19,20)(H,21,22)(H,23,24). The summed E-state index contributed by atoms with van der Waals surface area (Å²) in [6, 6.07) is -1.30. The summed E-state index contributed by atoms with van der Waals surface area (Å²) in [5, 5.41) is 36.2.